The molecule has 0 amide bonds. The van der Waals surface area contributed by atoms with Crippen molar-refractivity contribution in [2.45, 2.75) is 131 Å². The first-order valence-corrected chi connectivity index (χ1v) is 41.0. The largest absolute Gasteiger partial charge is 0.497 e. The number of ether oxygens (including phenoxy) is 6. The van der Waals surface area contributed by atoms with Crippen LogP contribution < -0.4 is 23.7 Å². The maximum Gasteiger partial charge on any atom is 0.265 e. The van der Waals surface area contributed by atoms with E-state index in [-0.39, 0.29) is 37.5 Å². The molecule has 23 heteroatoms. The zero-order valence-corrected chi connectivity index (χ0v) is 63.9. The van der Waals surface area contributed by atoms with Gasteiger partial charge >= 0.3 is 0 Å². The lowest BCUT2D eigenvalue weighted by Gasteiger charge is -2.29. The van der Waals surface area contributed by atoms with E-state index in [1.807, 2.05) is 77.1 Å². The van der Waals surface area contributed by atoms with Gasteiger partial charge in [0.05, 0.1) is 59.3 Å². The normalized spacial score (nSPS) is 12.2. The van der Waals surface area contributed by atoms with Gasteiger partial charge in [-0.15, -0.1) is 11.8 Å². The fourth-order valence-corrected chi connectivity index (χ4v) is 16.9. The van der Waals surface area contributed by atoms with Crippen LogP contribution in [0, 0.1) is 27.7 Å². The maximum absolute atomic E-state index is 14.2. The fraction of sp³-hybridized carbons (Fsp3) is 0.308. The van der Waals surface area contributed by atoms with Crippen molar-refractivity contribution >= 4 is 76.2 Å². The topological polar surface area (TPSA) is 232 Å². The van der Waals surface area contributed by atoms with Crippen LogP contribution in [0.5, 0.6) is 46.0 Å². The Kier molecular flexibility index (Phi) is 28.3. The highest BCUT2D eigenvalue weighted by Crippen LogP contribution is 2.44. The minimum absolute atomic E-state index is 0.0441. The van der Waals surface area contributed by atoms with E-state index in [1.54, 1.807) is 54.6 Å². The average Bonchev–Trinajstić information content (AvgIpc) is 0.782. The molecule has 8 aromatic rings. The van der Waals surface area contributed by atoms with Gasteiger partial charge in [-0.25, -0.2) is 16.8 Å². The standard InChI is InChI=1S/C77H86O16S6.CH3B/c1-13-62(14-2)89-39-16-15-17-40-90-73-38-20-59(50-71(73)56(7)95-42-44-97(81,82)83)76(8,9)58-19-37-72(57(49-58)51-94-41-18-43-96(78,79)80)91-64-23-31-68(32-24-64)99(86,87)70-35-27-66(28-36-70)93-75-54(5)47-61(48-55(75)6)77(10,11)60-45-52(3)74(53(4)46-60)92-65-25-33-69(34-26-65)98(84,85)67-29-21-63(88-12)22-30-67;1-2/h13-14,19-38,45-50H,1,7,15-18,39-44,51H2,2-6,8-12H3,(H,78,79,80)(H,81,82,83);1H3/b62-14+;. The number of methoxy groups -OCH3 is 1. The molecule has 0 unspecified atom stereocenters. The Morgan fingerprint density at radius 1 is 0.505 bits per heavy atom. The number of aryl methyl sites for hydroxylation is 4. The summed E-state index contributed by atoms with van der Waals surface area (Å²) < 4.78 is 157. The van der Waals surface area contributed by atoms with E-state index < -0.39 is 56.5 Å². The molecule has 0 aliphatic carbocycles. The molecule has 0 aromatic heterocycles. The molecule has 0 spiro atoms. The van der Waals surface area contributed by atoms with Crippen molar-refractivity contribution in [1.29, 1.82) is 0 Å². The third kappa shape index (κ3) is 21.7. The summed E-state index contributed by atoms with van der Waals surface area (Å²) in [6, 6.07) is 45.1. The fourth-order valence-electron chi connectivity index (χ4n) is 11.1. The van der Waals surface area contributed by atoms with Crippen LogP contribution in [0.15, 0.2) is 208 Å². The Bertz CT molecular complexity index is 4660. The summed E-state index contributed by atoms with van der Waals surface area (Å²) in [5, 5.41) is 0. The summed E-state index contributed by atoms with van der Waals surface area (Å²) in [5.74, 6) is 5.04. The third-order valence-electron chi connectivity index (χ3n) is 17.0. The highest BCUT2D eigenvalue weighted by molar-refractivity contribution is 8.08. The van der Waals surface area contributed by atoms with Gasteiger partial charge in [0.2, 0.25) is 19.7 Å². The molecule has 0 saturated carbocycles. The van der Waals surface area contributed by atoms with Crippen LogP contribution in [0.4, 0.5) is 0 Å². The van der Waals surface area contributed by atoms with Crippen molar-refractivity contribution in [2.24, 2.45) is 0 Å². The molecule has 0 saturated heterocycles. The van der Waals surface area contributed by atoms with Gasteiger partial charge in [0.15, 0.2) is 0 Å². The number of sulfone groups is 2. The van der Waals surface area contributed by atoms with E-state index in [0.717, 1.165) is 75.1 Å². The van der Waals surface area contributed by atoms with E-state index in [4.69, 9.17) is 28.4 Å². The van der Waals surface area contributed by atoms with Crippen molar-refractivity contribution in [1.82, 2.24) is 0 Å². The number of benzene rings is 8. The first-order chi connectivity index (χ1) is 47.7. The van der Waals surface area contributed by atoms with E-state index in [9.17, 15) is 42.8 Å². The van der Waals surface area contributed by atoms with E-state index in [1.165, 1.54) is 86.0 Å². The smallest absolute Gasteiger partial charge is 0.265 e. The van der Waals surface area contributed by atoms with Crippen molar-refractivity contribution in [3.05, 3.63) is 244 Å². The number of thioether (sulfide) groups is 2. The lowest BCUT2D eigenvalue weighted by Crippen LogP contribution is -2.20. The van der Waals surface area contributed by atoms with Crippen molar-refractivity contribution in [3.63, 3.8) is 0 Å². The monoisotopic (exact) mass is 1480 g/mol. The summed E-state index contributed by atoms with van der Waals surface area (Å²) >= 11 is 2.67. The number of hydrogen-bond donors (Lipinski definition) is 2. The van der Waals surface area contributed by atoms with Crippen LogP contribution in [0.3, 0.4) is 0 Å². The lowest BCUT2D eigenvalue weighted by atomic mass is 9.76. The van der Waals surface area contributed by atoms with Crippen LogP contribution in [0.25, 0.3) is 4.91 Å². The molecule has 2 radical (unpaired) electrons. The summed E-state index contributed by atoms with van der Waals surface area (Å²) in [5.41, 5.74) is 7.84. The Labute approximate surface area is 607 Å². The zero-order chi connectivity index (χ0) is 74.1. The van der Waals surface area contributed by atoms with E-state index in [2.05, 4.69) is 73.0 Å². The number of rotatable bonds is 35. The Morgan fingerprint density at radius 2 is 0.921 bits per heavy atom. The highest BCUT2D eigenvalue weighted by atomic mass is 32.2. The summed E-state index contributed by atoms with van der Waals surface area (Å²) in [6.45, 7) is 28.8. The van der Waals surface area contributed by atoms with Gasteiger partial charge in [0.1, 0.15) is 51.8 Å². The Morgan fingerprint density at radius 3 is 1.36 bits per heavy atom. The van der Waals surface area contributed by atoms with Crippen molar-refractivity contribution < 1.29 is 71.2 Å². The van der Waals surface area contributed by atoms with Gasteiger partial charge in [0, 0.05) is 38.4 Å². The van der Waals surface area contributed by atoms with Crippen LogP contribution in [0.2, 0.25) is 6.82 Å². The molecular formula is C78H89BO16S6. The predicted octanol–water partition coefficient (Wildman–Crippen LogP) is 18.6. The van der Waals surface area contributed by atoms with Gasteiger partial charge in [-0.3, -0.25) is 9.11 Å². The van der Waals surface area contributed by atoms with Gasteiger partial charge in [-0.1, -0.05) is 90.1 Å². The average molecular weight is 1490 g/mol. The van der Waals surface area contributed by atoms with Crippen LogP contribution in [-0.2, 0) is 61.2 Å². The summed E-state index contributed by atoms with van der Waals surface area (Å²) in [7, 11) is -10.1. The predicted molar refractivity (Wildman–Crippen MR) is 408 cm³/mol. The van der Waals surface area contributed by atoms with Gasteiger partial charge < -0.3 is 28.4 Å². The van der Waals surface area contributed by atoms with Crippen LogP contribution in [0.1, 0.15) is 116 Å². The molecule has 0 heterocycles. The molecular weight excluding hydrogens is 1400 g/mol. The zero-order valence-electron chi connectivity index (χ0n) is 59.0. The maximum atomic E-state index is 14.2. The molecule has 536 valence electrons. The van der Waals surface area contributed by atoms with Gasteiger partial charge in [-0.2, -0.15) is 28.6 Å². The van der Waals surface area contributed by atoms with Crippen LogP contribution in [-0.4, -0.2) is 94.0 Å². The first-order valence-electron chi connectivity index (χ1n) is 32.7. The second kappa shape index (κ2) is 35.4. The molecule has 0 aliphatic rings. The highest BCUT2D eigenvalue weighted by Gasteiger charge is 2.30. The quantitative estimate of drug-likeness (QED) is 0.0124. The molecule has 101 heavy (non-hydrogen) atoms. The molecule has 0 bridgehead atoms. The molecule has 0 fully saturated rings. The first kappa shape index (κ1) is 80.6. The molecule has 2 N–H and O–H groups in total. The molecule has 8 rings (SSSR count). The second-order valence-corrected chi connectivity index (χ2v) is 34.3. The minimum atomic E-state index is -4.21. The number of allylic oxidation sites excluding steroid dienone is 2. The summed E-state index contributed by atoms with van der Waals surface area (Å²) in [4.78, 5) is 0.976. The second-order valence-electron chi connectivity index (χ2n) is 25.0. The van der Waals surface area contributed by atoms with Gasteiger partial charge in [-0.05, 0) is 238 Å². The minimum Gasteiger partial charge on any atom is -0.497 e. The van der Waals surface area contributed by atoms with Crippen LogP contribution >= 0.6 is 23.5 Å². The lowest BCUT2D eigenvalue weighted by molar-refractivity contribution is 0.212. The van der Waals surface area contributed by atoms with E-state index in [0.29, 0.717) is 81.2 Å². The Hall–Kier alpha value is -7.74. The molecule has 0 aliphatic heterocycles. The molecule has 16 nitrogen and oxygen atoms in total. The van der Waals surface area contributed by atoms with E-state index >= 15 is 0 Å². The number of hydrogen-bond acceptors (Lipinski definition) is 16. The molecule has 8 aromatic carbocycles. The molecule has 0 atom stereocenters. The Balaban J connectivity index is 0.00000709. The van der Waals surface area contributed by atoms with Crippen molar-refractivity contribution in [3.8, 4) is 46.0 Å². The number of unbranched alkanes of at least 4 members (excludes halogenated alkanes) is 2. The van der Waals surface area contributed by atoms with Gasteiger partial charge in [0.25, 0.3) is 20.2 Å². The van der Waals surface area contributed by atoms with Crippen molar-refractivity contribution in [2.75, 3.05) is 43.3 Å². The summed E-state index contributed by atoms with van der Waals surface area (Å²) in [6.07, 6.45) is 6.17. The SMILES string of the molecule is C=C/C(=C\C)OCCCCCOc1ccc(C(C)(C)c2ccc(Oc3ccc(S(=O)(=O)c4ccc(Oc5c(C)cc(C(C)(C)c6cc(C)c(Oc7ccc(S(=O)(=O)c8ccc(OC)cc8)cc7)c(C)c6)cc5C)cc4)cc3)c(CSCCCS(=O)(=O)O)c2)cc1C(=C)SCCS(=O)(=O)O.[B]C. The third-order valence-corrected chi connectivity index (χ3v) is 24.4.